The zero-order valence-electron chi connectivity index (χ0n) is 9.24. The van der Waals surface area contributed by atoms with E-state index in [-0.39, 0.29) is 23.2 Å². The van der Waals surface area contributed by atoms with Gasteiger partial charge in [-0.1, -0.05) is 13.0 Å². The van der Waals surface area contributed by atoms with Crippen LogP contribution in [0.15, 0.2) is 12.7 Å². The fraction of sp³-hybridized carbons (Fsp3) is 0.692. The standard InChI is InChI=1S/C13H18O2/c1-3-4-11-12(15)9-5-6-13(11,2)10(7-9)8-14/h3,8-11H,1,4-7H2,2H3/t9-,10+,11-,13+/m1/s1. The first-order valence-electron chi connectivity index (χ1n) is 5.73. The zero-order valence-corrected chi connectivity index (χ0v) is 9.24. The Labute approximate surface area is 90.7 Å². The molecule has 0 radical (unpaired) electrons. The summed E-state index contributed by atoms with van der Waals surface area (Å²) in [6.07, 6.45) is 6.40. The molecule has 3 aliphatic rings. The number of hydrogen-bond acceptors (Lipinski definition) is 2. The molecule has 0 heterocycles. The Kier molecular flexibility index (Phi) is 2.53. The molecule has 0 N–H and O–H groups in total. The molecule has 3 saturated carbocycles. The van der Waals surface area contributed by atoms with Gasteiger partial charge in [0, 0.05) is 17.8 Å². The van der Waals surface area contributed by atoms with Crippen LogP contribution in [0.1, 0.15) is 32.6 Å². The van der Waals surface area contributed by atoms with Gasteiger partial charge >= 0.3 is 0 Å². The minimum absolute atomic E-state index is 0.0395. The molecule has 0 aromatic heterocycles. The summed E-state index contributed by atoms with van der Waals surface area (Å²) in [5.41, 5.74) is -0.0955. The van der Waals surface area contributed by atoms with Gasteiger partial charge in [-0.3, -0.25) is 4.79 Å². The Morgan fingerprint density at radius 1 is 1.60 bits per heavy atom. The lowest BCUT2D eigenvalue weighted by molar-refractivity contribution is -0.150. The van der Waals surface area contributed by atoms with Crippen molar-refractivity contribution in [2.24, 2.45) is 23.2 Å². The van der Waals surface area contributed by atoms with E-state index in [1.54, 1.807) is 0 Å². The van der Waals surface area contributed by atoms with Crippen LogP contribution in [0.2, 0.25) is 0 Å². The van der Waals surface area contributed by atoms with Crippen LogP contribution in [0.4, 0.5) is 0 Å². The molecule has 82 valence electrons. The van der Waals surface area contributed by atoms with Crippen LogP contribution in [0.5, 0.6) is 0 Å². The Bertz CT molecular complexity index is 308. The number of carbonyl (C=O) groups is 2. The predicted octanol–water partition coefficient (Wildman–Crippen LogP) is 2.38. The average Bonchev–Trinajstić information content (AvgIpc) is 2.24. The van der Waals surface area contributed by atoms with E-state index < -0.39 is 0 Å². The fourth-order valence-electron chi connectivity index (χ4n) is 3.43. The van der Waals surface area contributed by atoms with Crippen molar-refractivity contribution in [1.82, 2.24) is 0 Å². The Morgan fingerprint density at radius 3 is 2.93 bits per heavy atom. The molecule has 0 spiro atoms. The number of Topliss-reactive ketones (excluding diaryl/α,β-unsaturated/α-hetero) is 1. The smallest absolute Gasteiger partial charge is 0.139 e. The first-order chi connectivity index (χ1) is 7.13. The first-order valence-corrected chi connectivity index (χ1v) is 5.73. The average molecular weight is 206 g/mol. The Balaban J connectivity index is 2.33. The van der Waals surface area contributed by atoms with Crippen molar-refractivity contribution in [3.8, 4) is 0 Å². The van der Waals surface area contributed by atoms with E-state index in [4.69, 9.17) is 0 Å². The highest BCUT2D eigenvalue weighted by atomic mass is 16.1. The largest absolute Gasteiger partial charge is 0.303 e. The van der Waals surface area contributed by atoms with Gasteiger partial charge in [0.05, 0.1) is 0 Å². The van der Waals surface area contributed by atoms with E-state index in [2.05, 4.69) is 13.5 Å². The highest BCUT2D eigenvalue weighted by molar-refractivity contribution is 5.87. The molecule has 0 aromatic rings. The molecule has 0 aliphatic heterocycles. The second kappa shape index (κ2) is 3.58. The van der Waals surface area contributed by atoms with E-state index in [0.717, 1.165) is 32.0 Å². The molecule has 0 unspecified atom stereocenters. The lowest BCUT2D eigenvalue weighted by Crippen LogP contribution is -2.53. The van der Waals surface area contributed by atoms with Gasteiger partial charge in [-0.15, -0.1) is 6.58 Å². The number of hydrogen-bond donors (Lipinski definition) is 0. The highest BCUT2D eigenvalue weighted by Gasteiger charge is 2.54. The first kappa shape index (κ1) is 10.6. The van der Waals surface area contributed by atoms with Crippen LogP contribution in [0, 0.1) is 23.2 Å². The molecule has 2 heteroatoms. The number of ketones is 1. The summed E-state index contributed by atoms with van der Waals surface area (Å²) in [5, 5.41) is 0. The van der Waals surface area contributed by atoms with Gasteiger partial charge in [-0.05, 0) is 31.1 Å². The molecule has 3 aliphatic carbocycles. The van der Waals surface area contributed by atoms with E-state index in [0.29, 0.717) is 5.78 Å². The molecule has 15 heavy (non-hydrogen) atoms. The minimum atomic E-state index is -0.0955. The van der Waals surface area contributed by atoms with Crippen LogP contribution in [-0.4, -0.2) is 12.1 Å². The van der Waals surface area contributed by atoms with Crippen LogP contribution in [0.3, 0.4) is 0 Å². The predicted molar refractivity (Wildman–Crippen MR) is 58.3 cm³/mol. The van der Waals surface area contributed by atoms with Crippen LogP contribution < -0.4 is 0 Å². The third-order valence-corrected chi connectivity index (χ3v) is 4.53. The summed E-state index contributed by atoms with van der Waals surface area (Å²) in [6, 6.07) is 0. The van der Waals surface area contributed by atoms with Crippen molar-refractivity contribution in [3.05, 3.63) is 12.7 Å². The van der Waals surface area contributed by atoms with E-state index in [9.17, 15) is 9.59 Å². The summed E-state index contributed by atoms with van der Waals surface area (Å²) in [5.74, 6) is 0.644. The van der Waals surface area contributed by atoms with Crippen LogP contribution in [-0.2, 0) is 9.59 Å². The molecule has 2 nitrogen and oxygen atoms in total. The van der Waals surface area contributed by atoms with Crippen molar-refractivity contribution < 1.29 is 9.59 Å². The van der Waals surface area contributed by atoms with Crippen molar-refractivity contribution in [2.45, 2.75) is 32.6 Å². The summed E-state index contributed by atoms with van der Waals surface area (Å²) in [6.45, 7) is 5.82. The van der Waals surface area contributed by atoms with E-state index >= 15 is 0 Å². The zero-order chi connectivity index (χ0) is 11.1. The van der Waals surface area contributed by atoms with Gasteiger partial charge in [0.25, 0.3) is 0 Å². The number of carbonyl (C=O) groups excluding carboxylic acids is 2. The maximum Gasteiger partial charge on any atom is 0.139 e. The molecule has 3 fully saturated rings. The summed E-state index contributed by atoms with van der Waals surface area (Å²) in [7, 11) is 0. The topological polar surface area (TPSA) is 34.1 Å². The number of allylic oxidation sites excluding steroid dienone is 1. The maximum absolute atomic E-state index is 12.1. The molecule has 0 aromatic carbocycles. The maximum atomic E-state index is 12.1. The van der Waals surface area contributed by atoms with Crippen molar-refractivity contribution in [1.29, 1.82) is 0 Å². The SMILES string of the molecule is C=CC[C@@H]1C(=O)[C@@H]2CC[C@@]1(C)[C@H](C=O)C2. The van der Waals surface area contributed by atoms with Crippen molar-refractivity contribution in [3.63, 3.8) is 0 Å². The van der Waals surface area contributed by atoms with Gasteiger partial charge in [0.1, 0.15) is 12.1 Å². The van der Waals surface area contributed by atoms with Crippen molar-refractivity contribution in [2.75, 3.05) is 0 Å². The highest BCUT2D eigenvalue weighted by Crippen LogP contribution is 2.55. The number of fused-ring (bicyclic) bond motifs is 3. The minimum Gasteiger partial charge on any atom is -0.303 e. The van der Waals surface area contributed by atoms with Gasteiger partial charge in [-0.25, -0.2) is 0 Å². The summed E-state index contributed by atoms with van der Waals surface area (Å²) in [4.78, 5) is 23.2. The number of aldehydes is 1. The van der Waals surface area contributed by atoms with Crippen LogP contribution in [0.25, 0.3) is 0 Å². The van der Waals surface area contributed by atoms with Gasteiger partial charge < -0.3 is 4.79 Å². The molecular formula is C13H18O2. The molecule has 4 atom stereocenters. The second-order valence-electron chi connectivity index (χ2n) is 5.20. The van der Waals surface area contributed by atoms with E-state index in [1.165, 1.54) is 0 Å². The quantitative estimate of drug-likeness (QED) is 0.525. The van der Waals surface area contributed by atoms with Gasteiger partial charge in [0.15, 0.2) is 0 Å². The third kappa shape index (κ3) is 1.38. The third-order valence-electron chi connectivity index (χ3n) is 4.53. The molecule has 0 amide bonds. The number of rotatable bonds is 3. The van der Waals surface area contributed by atoms with Gasteiger partial charge in [0.2, 0.25) is 0 Å². The van der Waals surface area contributed by atoms with E-state index in [1.807, 2.05) is 6.08 Å². The second-order valence-corrected chi connectivity index (χ2v) is 5.20. The lowest BCUT2D eigenvalue weighted by atomic mass is 9.50. The normalized spacial score (nSPS) is 44.1. The molecule has 2 bridgehead atoms. The Hall–Kier alpha value is -0.920. The monoisotopic (exact) mass is 206 g/mol. The van der Waals surface area contributed by atoms with Crippen LogP contribution >= 0.6 is 0 Å². The summed E-state index contributed by atoms with van der Waals surface area (Å²) >= 11 is 0. The Morgan fingerprint density at radius 2 is 2.33 bits per heavy atom. The fourth-order valence-corrected chi connectivity index (χ4v) is 3.43. The molecule has 0 saturated heterocycles. The molecule has 3 rings (SSSR count). The summed E-state index contributed by atoms with van der Waals surface area (Å²) < 4.78 is 0. The molecular weight excluding hydrogens is 188 g/mol. The van der Waals surface area contributed by atoms with Gasteiger partial charge in [-0.2, -0.15) is 0 Å². The van der Waals surface area contributed by atoms with Crippen molar-refractivity contribution >= 4 is 12.1 Å². The lowest BCUT2D eigenvalue weighted by Gasteiger charge is -2.52.